The third kappa shape index (κ3) is 1.76. The molecule has 1 spiro atoms. The number of phenols is 1. The molecule has 8 nitrogen and oxygen atoms in total. The largest absolute Gasteiger partial charge is 0.507 e. The van der Waals surface area contributed by atoms with E-state index < -0.39 is 4.92 Å². The molecule has 3 aliphatic carbocycles. The Balaban J connectivity index is 1.44. The first-order valence-corrected chi connectivity index (χ1v) is 8.51. The van der Waals surface area contributed by atoms with Crippen LogP contribution in [-0.2, 0) is 9.59 Å². The Labute approximate surface area is 147 Å². The van der Waals surface area contributed by atoms with Crippen LogP contribution in [0, 0.1) is 39.2 Å². The number of nitrogens with zero attached hydrogens (tertiary/aromatic N) is 3. The molecular formula is C18H15N3O5. The lowest BCUT2D eigenvalue weighted by atomic mass is 9.85. The number of nitro groups is 1. The number of carbonyl (C=O) groups is 2. The Morgan fingerprint density at radius 3 is 2.35 bits per heavy atom. The van der Waals surface area contributed by atoms with Gasteiger partial charge in [0.15, 0.2) is 0 Å². The van der Waals surface area contributed by atoms with Crippen LogP contribution in [0.5, 0.6) is 5.75 Å². The molecule has 26 heavy (non-hydrogen) atoms. The number of non-ortho nitro benzene ring substituents is 1. The first kappa shape index (κ1) is 15.2. The van der Waals surface area contributed by atoms with Gasteiger partial charge in [0.25, 0.3) is 17.5 Å². The number of benzene rings is 1. The van der Waals surface area contributed by atoms with Gasteiger partial charge in [-0.2, -0.15) is 10.1 Å². The third-order valence-corrected chi connectivity index (χ3v) is 6.36. The molecule has 0 radical (unpaired) electrons. The molecule has 4 aliphatic rings. The molecule has 1 N–H and O–H groups in total. The van der Waals surface area contributed by atoms with Crippen LogP contribution in [0.3, 0.4) is 0 Å². The van der Waals surface area contributed by atoms with Crippen molar-refractivity contribution < 1.29 is 19.6 Å². The van der Waals surface area contributed by atoms with Crippen LogP contribution in [0.25, 0.3) is 0 Å². The number of nitro benzene ring substituents is 1. The number of phenolic OH excluding ortho intramolecular Hbond substituents is 1. The van der Waals surface area contributed by atoms with Crippen molar-refractivity contribution in [1.29, 1.82) is 0 Å². The number of hydrogen-bond donors (Lipinski definition) is 1. The number of aromatic hydroxyl groups is 1. The summed E-state index contributed by atoms with van der Waals surface area (Å²) < 4.78 is 0. The molecular weight excluding hydrogens is 338 g/mol. The van der Waals surface area contributed by atoms with Crippen molar-refractivity contribution in [3.05, 3.63) is 46.0 Å². The molecule has 132 valence electrons. The number of hydrazone groups is 1. The van der Waals surface area contributed by atoms with Crippen LogP contribution in [0.15, 0.2) is 35.5 Å². The average molecular weight is 353 g/mol. The van der Waals surface area contributed by atoms with Gasteiger partial charge in [-0.1, -0.05) is 12.2 Å². The van der Waals surface area contributed by atoms with E-state index in [1.807, 2.05) is 0 Å². The fourth-order valence-corrected chi connectivity index (χ4v) is 5.06. The van der Waals surface area contributed by atoms with Crippen LogP contribution >= 0.6 is 0 Å². The predicted molar refractivity (Wildman–Crippen MR) is 89.0 cm³/mol. The van der Waals surface area contributed by atoms with Gasteiger partial charge in [0, 0.05) is 17.7 Å². The molecule has 1 aromatic carbocycles. The molecule has 2 saturated carbocycles. The highest BCUT2D eigenvalue weighted by molar-refractivity contribution is 6.07. The number of fused-ring (bicyclic) bond motifs is 3. The van der Waals surface area contributed by atoms with Crippen LogP contribution in [-0.4, -0.2) is 33.1 Å². The summed E-state index contributed by atoms with van der Waals surface area (Å²) in [6.45, 7) is 0. The summed E-state index contributed by atoms with van der Waals surface area (Å²) in [6.07, 6.45) is 7.40. The standard InChI is InChI=1S/C18H15N3O5/c22-13-4-1-10(21(25)26)7-9(13)8-19-20-16(23)14-11-2-3-12(15(14)17(20)24)18(11)5-6-18/h1-4,7-8,11-12,14-15,22H,5-6H2/b19-8-/t11-,12-,14-,15-/m1/s1. The summed E-state index contributed by atoms with van der Waals surface area (Å²) in [5.41, 5.74) is -0.0101. The van der Waals surface area contributed by atoms with Gasteiger partial charge in [0.05, 0.1) is 23.0 Å². The highest BCUT2D eigenvalue weighted by atomic mass is 16.6. The van der Waals surface area contributed by atoms with E-state index in [1.54, 1.807) is 0 Å². The molecule has 2 bridgehead atoms. The summed E-state index contributed by atoms with van der Waals surface area (Å²) in [6, 6.07) is 3.50. The summed E-state index contributed by atoms with van der Waals surface area (Å²) in [7, 11) is 0. The zero-order valence-corrected chi connectivity index (χ0v) is 13.6. The van der Waals surface area contributed by atoms with E-state index in [4.69, 9.17) is 0 Å². The van der Waals surface area contributed by atoms with Gasteiger partial charge < -0.3 is 5.11 Å². The second-order valence-electron chi connectivity index (χ2n) is 7.45. The first-order chi connectivity index (χ1) is 12.4. The lowest BCUT2D eigenvalue weighted by Crippen LogP contribution is -2.30. The van der Waals surface area contributed by atoms with Gasteiger partial charge in [-0.25, -0.2) is 0 Å². The number of amides is 2. The lowest BCUT2D eigenvalue weighted by molar-refractivity contribution is -0.384. The lowest BCUT2D eigenvalue weighted by Gasteiger charge is -2.18. The Morgan fingerprint density at radius 1 is 1.19 bits per heavy atom. The van der Waals surface area contributed by atoms with Crippen molar-refractivity contribution in [3.8, 4) is 5.75 Å². The average Bonchev–Trinajstić information content (AvgIpc) is 3.21. The molecule has 2 amide bonds. The molecule has 5 rings (SSSR count). The summed E-state index contributed by atoms with van der Waals surface area (Å²) >= 11 is 0. The summed E-state index contributed by atoms with van der Waals surface area (Å²) in [4.78, 5) is 35.8. The van der Waals surface area contributed by atoms with Crippen molar-refractivity contribution >= 4 is 23.7 Å². The van der Waals surface area contributed by atoms with Gasteiger partial charge in [-0.05, 0) is 36.2 Å². The first-order valence-electron chi connectivity index (χ1n) is 8.51. The highest BCUT2D eigenvalue weighted by Crippen LogP contribution is 2.73. The molecule has 3 fully saturated rings. The normalized spacial score (nSPS) is 32.8. The van der Waals surface area contributed by atoms with Crippen molar-refractivity contribution in [2.24, 2.45) is 34.2 Å². The van der Waals surface area contributed by atoms with E-state index >= 15 is 0 Å². The molecule has 0 unspecified atom stereocenters. The molecule has 1 aliphatic heterocycles. The smallest absolute Gasteiger partial charge is 0.270 e. The highest BCUT2D eigenvalue weighted by Gasteiger charge is 2.73. The van der Waals surface area contributed by atoms with E-state index in [0.717, 1.165) is 30.1 Å². The second kappa shape index (κ2) is 4.78. The fraction of sp³-hybridized carbons (Fsp3) is 0.389. The van der Waals surface area contributed by atoms with E-state index in [9.17, 15) is 24.8 Å². The van der Waals surface area contributed by atoms with Crippen LogP contribution < -0.4 is 0 Å². The van der Waals surface area contributed by atoms with Gasteiger partial charge in [-0.15, -0.1) is 0 Å². The van der Waals surface area contributed by atoms with E-state index in [-0.39, 0.29) is 57.9 Å². The Morgan fingerprint density at radius 2 is 1.81 bits per heavy atom. The number of imide groups is 1. The van der Waals surface area contributed by atoms with Crippen LogP contribution in [0.1, 0.15) is 18.4 Å². The van der Waals surface area contributed by atoms with E-state index in [0.29, 0.717) is 0 Å². The molecule has 1 heterocycles. The summed E-state index contributed by atoms with van der Waals surface area (Å²) in [5, 5.41) is 25.5. The monoisotopic (exact) mass is 353 g/mol. The minimum absolute atomic E-state index is 0.0802. The van der Waals surface area contributed by atoms with Gasteiger partial charge in [-0.3, -0.25) is 19.7 Å². The molecule has 0 aromatic heterocycles. The maximum atomic E-state index is 12.8. The van der Waals surface area contributed by atoms with Crippen molar-refractivity contribution in [2.45, 2.75) is 12.8 Å². The number of hydrogen-bond acceptors (Lipinski definition) is 6. The Kier molecular flexibility index (Phi) is 2.80. The second-order valence-corrected chi connectivity index (χ2v) is 7.45. The SMILES string of the molecule is O=C1[C@H]2[C@H](C(=O)N1/N=C\c1cc([N+](=O)[O-])ccc1O)[C@H]1C=C[C@H]2C12CC2. The fourth-order valence-electron chi connectivity index (χ4n) is 5.06. The van der Waals surface area contributed by atoms with Gasteiger partial charge in [0.1, 0.15) is 5.75 Å². The quantitative estimate of drug-likeness (QED) is 0.293. The van der Waals surface area contributed by atoms with Crippen LogP contribution in [0.4, 0.5) is 5.69 Å². The minimum atomic E-state index is -0.591. The molecule has 1 aromatic rings. The van der Waals surface area contributed by atoms with E-state index in [2.05, 4.69) is 17.3 Å². The van der Waals surface area contributed by atoms with Crippen molar-refractivity contribution in [2.75, 3.05) is 0 Å². The number of carbonyl (C=O) groups excluding carboxylic acids is 2. The maximum Gasteiger partial charge on any atom is 0.270 e. The third-order valence-electron chi connectivity index (χ3n) is 6.36. The maximum absolute atomic E-state index is 12.8. The van der Waals surface area contributed by atoms with Crippen molar-refractivity contribution in [3.63, 3.8) is 0 Å². The molecule has 4 atom stereocenters. The predicted octanol–water partition coefficient (Wildman–Crippen LogP) is 1.83. The van der Waals surface area contributed by atoms with Gasteiger partial charge in [0.2, 0.25) is 0 Å². The van der Waals surface area contributed by atoms with Gasteiger partial charge >= 0.3 is 0 Å². The molecule has 8 heteroatoms. The Hall–Kier alpha value is -3.03. The number of allylic oxidation sites excluding steroid dienone is 2. The summed E-state index contributed by atoms with van der Waals surface area (Å²) in [5.74, 6) is -1.32. The molecule has 1 saturated heterocycles. The topological polar surface area (TPSA) is 113 Å². The van der Waals surface area contributed by atoms with Crippen molar-refractivity contribution in [1.82, 2.24) is 5.01 Å². The van der Waals surface area contributed by atoms with Crippen LogP contribution in [0.2, 0.25) is 0 Å². The zero-order chi connectivity index (χ0) is 18.2. The Bertz CT molecular complexity index is 899. The number of rotatable bonds is 3. The minimum Gasteiger partial charge on any atom is -0.507 e. The van der Waals surface area contributed by atoms with E-state index in [1.165, 1.54) is 12.1 Å². The zero-order valence-electron chi connectivity index (χ0n) is 13.6.